The molecule has 0 saturated carbocycles. The molecule has 0 aliphatic carbocycles. The van der Waals surface area contributed by atoms with Gasteiger partial charge in [-0.05, 0) is 44.0 Å². The van der Waals surface area contributed by atoms with Crippen LogP contribution < -0.4 is 15.8 Å². The number of carbonyl (C=O) groups is 2. The molecule has 1 atom stereocenters. The molecule has 8 heteroatoms. The van der Waals surface area contributed by atoms with Crippen molar-refractivity contribution in [1.82, 2.24) is 4.98 Å². The molecule has 146 valence electrons. The third-order valence-electron chi connectivity index (χ3n) is 3.43. The number of hydrogen-bond donors (Lipinski definition) is 2. The molecule has 1 aliphatic rings. The van der Waals surface area contributed by atoms with Gasteiger partial charge < -0.3 is 20.5 Å². The SMILES string of the molecule is CC1CCCO1.COc1cccc(F)c1.NC(=O)c1cc(NC=O)ccn1. The molecule has 1 fully saturated rings. The molecule has 2 heterocycles. The number of methoxy groups -OCH3 is 1. The number of rotatable bonds is 4. The van der Waals surface area contributed by atoms with Crippen molar-refractivity contribution in [2.75, 3.05) is 19.0 Å². The summed E-state index contributed by atoms with van der Waals surface area (Å²) in [7, 11) is 1.51. The minimum Gasteiger partial charge on any atom is -0.497 e. The van der Waals surface area contributed by atoms with Gasteiger partial charge in [-0.25, -0.2) is 4.39 Å². The normalized spacial score (nSPS) is 14.7. The molecule has 2 amide bonds. The van der Waals surface area contributed by atoms with E-state index >= 15 is 0 Å². The zero-order chi connectivity index (χ0) is 20.1. The maximum atomic E-state index is 12.3. The zero-order valence-electron chi connectivity index (χ0n) is 15.4. The molecule has 3 rings (SSSR count). The number of amides is 2. The summed E-state index contributed by atoms with van der Waals surface area (Å²) in [6.45, 7) is 3.11. The molecule has 0 spiro atoms. The summed E-state index contributed by atoms with van der Waals surface area (Å²) in [5.41, 5.74) is 5.58. The van der Waals surface area contributed by atoms with Gasteiger partial charge in [0.2, 0.25) is 6.41 Å². The fraction of sp³-hybridized carbons (Fsp3) is 0.316. The van der Waals surface area contributed by atoms with Crippen LogP contribution in [0.5, 0.6) is 5.75 Å². The second-order valence-corrected chi connectivity index (χ2v) is 5.54. The van der Waals surface area contributed by atoms with Crippen LogP contribution in [0.1, 0.15) is 30.3 Å². The van der Waals surface area contributed by atoms with Crippen LogP contribution in [0.4, 0.5) is 10.1 Å². The van der Waals surface area contributed by atoms with Crippen molar-refractivity contribution in [1.29, 1.82) is 0 Å². The summed E-state index contributed by atoms with van der Waals surface area (Å²) in [5, 5.41) is 2.37. The van der Waals surface area contributed by atoms with Gasteiger partial charge in [0.05, 0.1) is 13.2 Å². The van der Waals surface area contributed by atoms with E-state index in [-0.39, 0.29) is 11.5 Å². The van der Waals surface area contributed by atoms with Gasteiger partial charge in [-0.3, -0.25) is 14.6 Å². The standard InChI is InChI=1S/C7H7FO.C7H7N3O2.C5H10O/c1-9-7-4-2-3-6(8)5-7;8-7(12)6-3-5(10-4-11)1-2-9-6;1-5-3-2-4-6-5/h2-5H,1H3;1-4H,(H2,8,12)(H,9,10,11);5H,2-4H2,1H3. The first-order valence-corrected chi connectivity index (χ1v) is 8.33. The number of nitrogens with two attached hydrogens (primary N) is 1. The molecule has 3 N–H and O–H groups in total. The molecular weight excluding hydrogens is 353 g/mol. The van der Waals surface area contributed by atoms with Crippen molar-refractivity contribution in [3.63, 3.8) is 0 Å². The number of pyridine rings is 1. The molecule has 1 aromatic carbocycles. The van der Waals surface area contributed by atoms with Crippen molar-refractivity contribution in [2.24, 2.45) is 5.73 Å². The average Bonchev–Trinajstić information content (AvgIpc) is 3.14. The number of carbonyl (C=O) groups excluding carboxylic acids is 2. The highest BCUT2D eigenvalue weighted by Crippen LogP contribution is 2.10. The van der Waals surface area contributed by atoms with Crippen LogP contribution in [0, 0.1) is 5.82 Å². The molecule has 1 saturated heterocycles. The van der Waals surface area contributed by atoms with Crippen LogP contribution in [0.2, 0.25) is 0 Å². The number of nitrogens with one attached hydrogen (secondary N) is 1. The highest BCUT2D eigenvalue weighted by atomic mass is 19.1. The van der Waals surface area contributed by atoms with Crippen LogP contribution in [-0.2, 0) is 9.53 Å². The number of anilines is 1. The molecule has 0 radical (unpaired) electrons. The third kappa shape index (κ3) is 9.31. The quantitative estimate of drug-likeness (QED) is 0.798. The summed E-state index contributed by atoms with van der Waals surface area (Å²) in [6, 6.07) is 8.97. The maximum Gasteiger partial charge on any atom is 0.267 e. The van der Waals surface area contributed by atoms with Gasteiger partial charge in [-0.15, -0.1) is 0 Å². The molecule has 0 bridgehead atoms. The van der Waals surface area contributed by atoms with Crippen LogP contribution in [0.15, 0.2) is 42.6 Å². The smallest absolute Gasteiger partial charge is 0.267 e. The van der Waals surface area contributed by atoms with Crippen LogP contribution >= 0.6 is 0 Å². The summed E-state index contributed by atoms with van der Waals surface area (Å²) >= 11 is 0. The Hall–Kier alpha value is -3.00. The molecule has 2 aromatic rings. The molecule has 1 aliphatic heterocycles. The Bertz CT molecular complexity index is 722. The van der Waals surface area contributed by atoms with Gasteiger partial charge in [-0.2, -0.15) is 0 Å². The summed E-state index contributed by atoms with van der Waals surface area (Å²) < 4.78 is 22.2. The van der Waals surface area contributed by atoms with Gasteiger partial charge >= 0.3 is 0 Å². The van der Waals surface area contributed by atoms with Crippen LogP contribution in [0.3, 0.4) is 0 Å². The summed E-state index contributed by atoms with van der Waals surface area (Å²) in [4.78, 5) is 24.3. The van der Waals surface area contributed by atoms with Crippen LogP contribution in [-0.4, -0.2) is 37.1 Å². The molecule has 1 unspecified atom stereocenters. The Kier molecular flexibility index (Phi) is 10.1. The lowest BCUT2D eigenvalue weighted by molar-refractivity contribution is -0.105. The number of ether oxygens (including phenoxy) is 2. The molecule has 27 heavy (non-hydrogen) atoms. The third-order valence-corrected chi connectivity index (χ3v) is 3.43. The van der Waals surface area contributed by atoms with Gasteiger partial charge in [0.1, 0.15) is 17.3 Å². The van der Waals surface area contributed by atoms with E-state index in [2.05, 4.69) is 17.2 Å². The number of nitrogens with zero attached hydrogens (tertiary/aromatic N) is 1. The highest BCUT2D eigenvalue weighted by molar-refractivity contribution is 5.92. The number of halogens is 1. The second kappa shape index (κ2) is 12.4. The van der Waals surface area contributed by atoms with E-state index in [1.807, 2.05) is 0 Å². The Balaban J connectivity index is 0.000000214. The average molecular weight is 377 g/mol. The van der Waals surface area contributed by atoms with Crippen molar-refractivity contribution in [3.05, 3.63) is 54.1 Å². The van der Waals surface area contributed by atoms with Crippen molar-refractivity contribution in [3.8, 4) is 5.75 Å². The minimum atomic E-state index is -0.621. The first kappa shape index (κ1) is 22.0. The summed E-state index contributed by atoms with van der Waals surface area (Å²) in [6.07, 6.45) is 4.98. The van der Waals surface area contributed by atoms with E-state index in [0.717, 1.165) is 6.61 Å². The lowest BCUT2D eigenvalue weighted by Gasteiger charge is -1.98. The van der Waals surface area contributed by atoms with Crippen molar-refractivity contribution in [2.45, 2.75) is 25.9 Å². The van der Waals surface area contributed by atoms with E-state index in [9.17, 15) is 14.0 Å². The van der Waals surface area contributed by atoms with Crippen molar-refractivity contribution < 1.29 is 23.5 Å². The van der Waals surface area contributed by atoms with Gasteiger partial charge in [0.15, 0.2) is 0 Å². The lowest BCUT2D eigenvalue weighted by atomic mass is 10.3. The highest BCUT2D eigenvalue weighted by Gasteiger charge is 2.07. The fourth-order valence-corrected chi connectivity index (χ4v) is 2.06. The Morgan fingerprint density at radius 3 is 2.63 bits per heavy atom. The van der Waals surface area contributed by atoms with E-state index < -0.39 is 5.91 Å². The van der Waals surface area contributed by atoms with Crippen molar-refractivity contribution >= 4 is 18.0 Å². The Morgan fingerprint density at radius 1 is 1.41 bits per heavy atom. The summed E-state index contributed by atoms with van der Waals surface area (Å²) in [5.74, 6) is -0.339. The van der Waals surface area contributed by atoms with Gasteiger partial charge in [0.25, 0.3) is 5.91 Å². The monoisotopic (exact) mass is 377 g/mol. The number of aromatic nitrogens is 1. The molecular formula is C19H24FN3O4. The molecule has 1 aromatic heterocycles. The van der Waals surface area contributed by atoms with E-state index in [0.29, 0.717) is 24.0 Å². The van der Waals surface area contributed by atoms with E-state index in [1.165, 1.54) is 44.3 Å². The lowest BCUT2D eigenvalue weighted by Crippen LogP contribution is -2.13. The first-order chi connectivity index (χ1) is 13.0. The van der Waals surface area contributed by atoms with E-state index in [4.69, 9.17) is 15.2 Å². The topological polar surface area (TPSA) is 104 Å². The van der Waals surface area contributed by atoms with Crippen LogP contribution in [0.25, 0.3) is 0 Å². The number of benzene rings is 1. The Labute approximate surface area is 157 Å². The Morgan fingerprint density at radius 2 is 2.19 bits per heavy atom. The largest absolute Gasteiger partial charge is 0.497 e. The predicted octanol–water partition coefficient (Wildman–Crippen LogP) is 2.77. The predicted molar refractivity (Wildman–Crippen MR) is 100 cm³/mol. The zero-order valence-corrected chi connectivity index (χ0v) is 15.4. The second-order valence-electron chi connectivity index (χ2n) is 5.54. The minimum absolute atomic E-state index is 0.127. The van der Waals surface area contributed by atoms with E-state index in [1.54, 1.807) is 18.2 Å². The molecule has 7 nitrogen and oxygen atoms in total. The fourth-order valence-electron chi connectivity index (χ4n) is 2.06. The van der Waals surface area contributed by atoms with Gasteiger partial charge in [-0.1, -0.05) is 6.07 Å². The number of hydrogen-bond acceptors (Lipinski definition) is 5. The van der Waals surface area contributed by atoms with Gasteiger partial charge in [0, 0.05) is 24.6 Å². The maximum absolute atomic E-state index is 12.3. The first-order valence-electron chi connectivity index (χ1n) is 8.33. The number of primary amides is 1.